The van der Waals surface area contributed by atoms with E-state index in [0.29, 0.717) is 30.6 Å². The van der Waals surface area contributed by atoms with Gasteiger partial charge in [-0.05, 0) is 77.6 Å². The second-order valence-corrected chi connectivity index (χ2v) is 9.13. The SMILES string of the molecule is COc1ccc(CCCN(Cc2ccc(-c3ccccc3C(=O)O)cc2)C(=O)c2ccc(OC(F)F)cc2)cc1. The first-order valence-electron chi connectivity index (χ1n) is 12.7. The van der Waals surface area contributed by atoms with Gasteiger partial charge in [-0.2, -0.15) is 8.78 Å². The van der Waals surface area contributed by atoms with Crippen molar-refractivity contribution in [3.05, 3.63) is 119 Å². The molecular formula is C32H29F2NO5. The third-order valence-electron chi connectivity index (χ3n) is 6.46. The topological polar surface area (TPSA) is 76.1 Å². The van der Waals surface area contributed by atoms with Crippen molar-refractivity contribution in [3.8, 4) is 22.6 Å². The van der Waals surface area contributed by atoms with Crippen molar-refractivity contribution in [2.24, 2.45) is 0 Å². The van der Waals surface area contributed by atoms with Crippen LogP contribution in [0.15, 0.2) is 97.1 Å². The molecule has 206 valence electrons. The van der Waals surface area contributed by atoms with Gasteiger partial charge in [0, 0.05) is 18.7 Å². The molecule has 40 heavy (non-hydrogen) atoms. The van der Waals surface area contributed by atoms with E-state index < -0.39 is 12.6 Å². The Labute approximate surface area is 231 Å². The number of alkyl halides is 2. The zero-order valence-electron chi connectivity index (χ0n) is 21.9. The first-order chi connectivity index (χ1) is 19.3. The lowest BCUT2D eigenvalue weighted by Gasteiger charge is -2.23. The fourth-order valence-electron chi connectivity index (χ4n) is 4.41. The smallest absolute Gasteiger partial charge is 0.387 e. The van der Waals surface area contributed by atoms with Crippen LogP contribution in [0.5, 0.6) is 11.5 Å². The molecule has 0 saturated heterocycles. The molecule has 0 atom stereocenters. The van der Waals surface area contributed by atoms with E-state index in [-0.39, 0.29) is 17.2 Å². The minimum atomic E-state index is -2.94. The zero-order chi connectivity index (χ0) is 28.5. The molecule has 4 rings (SSSR count). The normalized spacial score (nSPS) is 10.8. The third-order valence-corrected chi connectivity index (χ3v) is 6.46. The van der Waals surface area contributed by atoms with E-state index in [1.54, 1.807) is 36.3 Å². The zero-order valence-corrected chi connectivity index (χ0v) is 21.9. The van der Waals surface area contributed by atoms with Crippen LogP contribution in [0.3, 0.4) is 0 Å². The molecule has 4 aromatic rings. The summed E-state index contributed by atoms with van der Waals surface area (Å²) in [5, 5.41) is 9.53. The minimum absolute atomic E-state index is 0.0187. The maximum absolute atomic E-state index is 13.5. The summed E-state index contributed by atoms with van der Waals surface area (Å²) in [4.78, 5) is 26.8. The van der Waals surface area contributed by atoms with Gasteiger partial charge in [0.1, 0.15) is 11.5 Å². The van der Waals surface area contributed by atoms with Crippen molar-refractivity contribution < 1.29 is 33.0 Å². The van der Waals surface area contributed by atoms with E-state index in [0.717, 1.165) is 28.9 Å². The highest BCUT2D eigenvalue weighted by atomic mass is 19.3. The molecule has 1 N–H and O–H groups in total. The van der Waals surface area contributed by atoms with Crippen molar-refractivity contribution in [2.45, 2.75) is 26.0 Å². The molecule has 0 fully saturated rings. The summed E-state index contributed by atoms with van der Waals surface area (Å²) in [6.45, 7) is -2.16. The van der Waals surface area contributed by atoms with E-state index in [1.807, 2.05) is 48.5 Å². The van der Waals surface area contributed by atoms with Gasteiger partial charge >= 0.3 is 12.6 Å². The van der Waals surface area contributed by atoms with Gasteiger partial charge in [0.15, 0.2) is 0 Å². The first kappa shape index (κ1) is 28.3. The highest BCUT2D eigenvalue weighted by Gasteiger charge is 2.18. The molecule has 0 radical (unpaired) electrons. The van der Waals surface area contributed by atoms with Gasteiger partial charge in [0.2, 0.25) is 0 Å². The van der Waals surface area contributed by atoms with Gasteiger partial charge in [0.25, 0.3) is 5.91 Å². The van der Waals surface area contributed by atoms with Crippen molar-refractivity contribution in [1.82, 2.24) is 4.90 Å². The predicted octanol–water partition coefficient (Wildman–Crippen LogP) is 6.94. The van der Waals surface area contributed by atoms with E-state index >= 15 is 0 Å². The number of halogens is 2. The molecule has 1 amide bonds. The number of hydrogen-bond donors (Lipinski definition) is 1. The Bertz CT molecular complexity index is 1420. The molecule has 0 heterocycles. The van der Waals surface area contributed by atoms with Crippen molar-refractivity contribution in [3.63, 3.8) is 0 Å². The van der Waals surface area contributed by atoms with Crippen LogP contribution in [0.1, 0.15) is 38.3 Å². The van der Waals surface area contributed by atoms with Gasteiger partial charge in [0.05, 0.1) is 12.7 Å². The lowest BCUT2D eigenvalue weighted by Crippen LogP contribution is -2.31. The number of carboxylic acid groups (broad SMARTS) is 1. The quantitative estimate of drug-likeness (QED) is 0.209. The van der Waals surface area contributed by atoms with E-state index in [4.69, 9.17) is 4.74 Å². The summed E-state index contributed by atoms with van der Waals surface area (Å²) in [7, 11) is 1.61. The van der Waals surface area contributed by atoms with Gasteiger partial charge in [-0.25, -0.2) is 4.79 Å². The van der Waals surface area contributed by atoms with Gasteiger partial charge < -0.3 is 19.5 Å². The molecule has 0 saturated carbocycles. The molecule has 0 aromatic heterocycles. The Morgan fingerprint density at radius 3 is 2.08 bits per heavy atom. The highest BCUT2D eigenvalue weighted by molar-refractivity contribution is 5.96. The highest BCUT2D eigenvalue weighted by Crippen LogP contribution is 2.25. The van der Waals surface area contributed by atoms with Crippen LogP contribution in [-0.2, 0) is 13.0 Å². The van der Waals surface area contributed by atoms with Crippen LogP contribution in [-0.4, -0.2) is 42.1 Å². The van der Waals surface area contributed by atoms with Crippen LogP contribution in [0.2, 0.25) is 0 Å². The van der Waals surface area contributed by atoms with Crippen LogP contribution in [0.25, 0.3) is 11.1 Å². The maximum atomic E-state index is 13.5. The molecule has 0 aliphatic carbocycles. The van der Waals surface area contributed by atoms with Gasteiger partial charge in [-0.1, -0.05) is 54.6 Å². The average Bonchev–Trinajstić information content (AvgIpc) is 2.97. The second kappa shape index (κ2) is 13.4. The number of aryl methyl sites for hydroxylation is 1. The number of rotatable bonds is 12. The standard InChI is InChI=1S/C32H29F2NO5/c1-39-26-16-10-22(11-17-26)5-4-20-35(30(36)25-14-18-27(19-15-25)40-32(33)34)21-23-8-12-24(13-9-23)28-6-2-3-7-29(28)31(37)38/h2-3,6-19,32H,4-5,20-21H2,1H3,(H,37,38). The van der Waals surface area contributed by atoms with Gasteiger partial charge in [-0.3, -0.25) is 4.79 Å². The molecule has 0 bridgehead atoms. The number of aromatic carboxylic acids is 1. The summed E-state index contributed by atoms with van der Waals surface area (Å²) >= 11 is 0. The van der Waals surface area contributed by atoms with Crippen LogP contribution < -0.4 is 9.47 Å². The summed E-state index contributed by atoms with van der Waals surface area (Å²) in [6, 6.07) is 27.6. The number of hydrogen-bond acceptors (Lipinski definition) is 4. The Morgan fingerprint density at radius 2 is 1.45 bits per heavy atom. The van der Waals surface area contributed by atoms with Crippen molar-refractivity contribution in [1.29, 1.82) is 0 Å². The molecule has 8 heteroatoms. The molecule has 0 unspecified atom stereocenters. The van der Waals surface area contributed by atoms with Crippen molar-refractivity contribution >= 4 is 11.9 Å². The molecule has 0 aliphatic rings. The fourth-order valence-corrected chi connectivity index (χ4v) is 4.41. The van der Waals surface area contributed by atoms with Gasteiger partial charge in [-0.15, -0.1) is 0 Å². The van der Waals surface area contributed by atoms with Crippen LogP contribution in [0.4, 0.5) is 8.78 Å². The van der Waals surface area contributed by atoms with E-state index in [1.165, 1.54) is 24.3 Å². The summed E-state index contributed by atoms with van der Waals surface area (Å²) in [6.07, 6.45) is 1.45. The maximum Gasteiger partial charge on any atom is 0.387 e. The molecule has 0 aliphatic heterocycles. The number of amides is 1. The Kier molecular flexibility index (Phi) is 9.46. The molecule has 6 nitrogen and oxygen atoms in total. The van der Waals surface area contributed by atoms with Crippen LogP contribution >= 0.6 is 0 Å². The van der Waals surface area contributed by atoms with Crippen molar-refractivity contribution in [2.75, 3.05) is 13.7 Å². The lowest BCUT2D eigenvalue weighted by molar-refractivity contribution is -0.0498. The number of methoxy groups -OCH3 is 1. The van der Waals surface area contributed by atoms with E-state index in [2.05, 4.69) is 4.74 Å². The first-order valence-corrected chi connectivity index (χ1v) is 12.7. The number of carbonyl (C=O) groups is 2. The third kappa shape index (κ3) is 7.44. The largest absolute Gasteiger partial charge is 0.497 e. The summed E-state index contributed by atoms with van der Waals surface area (Å²) in [5.74, 6) is -0.485. The number of ether oxygens (including phenoxy) is 2. The number of carboxylic acids is 1. The number of nitrogens with zero attached hydrogens (tertiary/aromatic N) is 1. The fraction of sp³-hybridized carbons (Fsp3) is 0.188. The molecular weight excluding hydrogens is 516 g/mol. The lowest BCUT2D eigenvalue weighted by atomic mass is 9.98. The summed E-state index contributed by atoms with van der Waals surface area (Å²) in [5.41, 5.74) is 3.92. The van der Waals surface area contributed by atoms with Crippen LogP contribution in [0, 0.1) is 0 Å². The second-order valence-electron chi connectivity index (χ2n) is 9.13. The number of benzene rings is 4. The molecule has 4 aromatic carbocycles. The van der Waals surface area contributed by atoms with E-state index in [9.17, 15) is 23.5 Å². The Hall–Kier alpha value is -4.72. The predicted molar refractivity (Wildman–Crippen MR) is 148 cm³/mol. The molecule has 0 spiro atoms. The number of carbonyl (C=O) groups excluding carboxylic acids is 1. The minimum Gasteiger partial charge on any atom is -0.497 e. The summed E-state index contributed by atoms with van der Waals surface area (Å²) < 4.78 is 34.7. The average molecular weight is 546 g/mol. The Balaban J connectivity index is 1.51. The Morgan fingerprint density at radius 1 is 0.825 bits per heavy atom. The monoisotopic (exact) mass is 545 g/mol.